The highest BCUT2D eigenvalue weighted by Gasteiger charge is 2.31. The van der Waals surface area contributed by atoms with E-state index in [1.165, 1.54) is 22.7 Å². The molecule has 134 valence electrons. The monoisotopic (exact) mass is 362 g/mol. The second kappa shape index (κ2) is 8.71. The lowest BCUT2D eigenvalue weighted by Gasteiger charge is -2.25. The van der Waals surface area contributed by atoms with E-state index in [0.717, 1.165) is 11.3 Å². The molecule has 0 aliphatic carbocycles. The van der Waals surface area contributed by atoms with Gasteiger partial charge < -0.3 is 9.64 Å². The SMILES string of the molecule is CCOC(=O)C=C1SCC(=O)N1CC(=O)N(CC)c1ccccc1C. The molecule has 25 heavy (non-hydrogen) atoms. The Bertz CT molecular complexity index is 702. The van der Waals surface area contributed by atoms with Crippen molar-refractivity contribution in [2.45, 2.75) is 20.8 Å². The molecule has 1 aromatic carbocycles. The second-order valence-corrected chi connectivity index (χ2v) is 6.42. The lowest BCUT2D eigenvalue weighted by atomic mass is 10.2. The molecule has 1 aromatic rings. The summed E-state index contributed by atoms with van der Waals surface area (Å²) in [6.07, 6.45) is 1.27. The average molecular weight is 362 g/mol. The number of hydrogen-bond donors (Lipinski definition) is 0. The zero-order valence-electron chi connectivity index (χ0n) is 14.7. The van der Waals surface area contributed by atoms with Crippen LogP contribution in [-0.2, 0) is 19.1 Å². The largest absolute Gasteiger partial charge is 0.463 e. The average Bonchev–Trinajstić information content (AvgIpc) is 2.90. The van der Waals surface area contributed by atoms with Gasteiger partial charge >= 0.3 is 5.97 Å². The smallest absolute Gasteiger partial charge is 0.333 e. The molecule has 0 radical (unpaired) electrons. The molecule has 1 saturated heterocycles. The predicted molar refractivity (Wildman–Crippen MR) is 98.1 cm³/mol. The quantitative estimate of drug-likeness (QED) is 0.574. The van der Waals surface area contributed by atoms with Crippen molar-refractivity contribution in [2.75, 3.05) is 30.3 Å². The lowest BCUT2D eigenvalue weighted by molar-refractivity contribution is -0.137. The number of carbonyl (C=O) groups excluding carboxylic acids is 3. The van der Waals surface area contributed by atoms with Crippen molar-refractivity contribution in [3.8, 4) is 0 Å². The van der Waals surface area contributed by atoms with Crippen LogP contribution in [0, 0.1) is 6.92 Å². The maximum absolute atomic E-state index is 12.8. The van der Waals surface area contributed by atoms with E-state index in [-0.39, 0.29) is 30.7 Å². The summed E-state index contributed by atoms with van der Waals surface area (Å²) < 4.78 is 4.88. The number of amides is 2. The third-order valence-corrected chi connectivity index (χ3v) is 4.78. The number of nitrogens with zero attached hydrogens (tertiary/aromatic N) is 2. The van der Waals surface area contributed by atoms with Crippen LogP contribution in [0.15, 0.2) is 35.4 Å². The van der Waals surface area contributed by atoms with Gasteiger partial charge in [0, 0.05) is 12.2 Å². The number of rotatable bonds is 6. The number of hydrogen-bond acceptors (Lipinski definition) is 5. The summed E-state index contributed by atoms with van der Waals surface area (Å²) >= 11 is 1.24. The van der Waals surface area contributed by atoms with Gasteiger partial charge in [-0.25, -0.2) is 4.79 Å². The molecule has 0 N–H and O–H groups in total. The van der Waals surface area contributed by atoms with E-state index < -0.39 is 5.97 Å². The molecule has 2 rings (SSSR count). The molecule has 1 fully saturated rings. The number of ether oxygens (including phenoxy) is 1. The van der Waals surface area contributed by atoms with Crippen LogP contribution in [-0.4, -0.2) is 48.1 Å². The van der Waals surface area contributed by atoms with Crippen molar-refractivity contribution >= 4 is 35.2 Å². The molecule has 0 bridgehead atoms. The minimum atomic E-state index is -0.511. The van der Waals surface area contributed by atoms with Crippen LogP contribution in [0.25, 0.3) is 0 Å². The third kappa shape index (κ3) is 4.63. The van der Waals surface area contributed by atoms with Gasteiger partial charge in [-0.15, -0.1) is 0 Å². The fourth-order valence-electron chi connectivity index (χ4n) is 2.55. The molecule has 7 heteroatoms. The summed E-state index contributed by atoms with van der Waals surface area (Å²) in [6.45, 7) is 6.20. The number of carbonyl (C=O) groups is 3. The number of aryl methyl sites for hydroxylation is 1. The van der Waals surface area contributed by atoms with E-state index >= 15 is 0 Å². The van der Waals surface area contributed by atoms with Gasteiger partial charge in [-0.05, 0) is 32.4 Å². The third-order valence-electron chi connectivity index (χ3n) is 3.76. The fraction of sp³-hybridized carbons (Fsp3) is 0.389. The fourth-order valence-corrected chi connectivity index (χ4v) is 3.48. The van der Waals surface area contributed by atoms with Gasteiger partial charge in [-0.2, -0.15) is 0 Å². The summed E-state index contributed by atoms with van der Waals surface area (Å²) in [4.78, 5) is 39.5. The molecule has 0 spiro atoms. The van der Waals surface area contributed by atoms with Crippen LogP contribution >= 0.6 is 11.8 Å². The first-order valence-corrected chi connectivity index (χ1v) is 9.14. The number of likely N-dealkylation sites (N-methyl/N-ethyl adjacent to an activating group) is 1. The highest BCUT2D eigenvalue weighted by molar-refractivity contribution is 8.04. The van der Waals surface area contributed by atoms with Gasteiger partial charge in [0.05, 0.1) is 23.5 Å². The molecule has 1 aliphatic rings. The van der Waals surface area contributed by atoms with Crippen LogP contribution in [0.4, 0.5) is 5.69 Å². The number of thioether (sulfide) groups is 1. The Kier molecular flexibility index (Phi) is 6.64. The van der Waals surface area contributed by atoms with Crippen molar-refractivity contribution in [1.82, 2.24) is 4.90 Å². The lowest BCUT2D eigenvalue weighted by Crippen LogP contribution is -2.41. The molecule has 1 heterocycles. The number of anilines is 1. The van der Waals surface area contributed by atoms with Gasteiger partial charge in [0.1, 0.15) is 6.54 Å². The van der Waals surface area contributed by atoms with E-state index in [0.29, 0.717) is 11.6 Å². The van der Waals surface area contributed by atoms with Crippen LogP contribution in [0.1, 0.15) is 19.4 Å². The zero-order chi connectivity index (χ0) is 18.4. The van der Waals surface area contributed by atoms with E-state index in [1.54, 1.807) is 11.8 Å². The summed E-state index contributed by atoms with van der Waals surface area (Å²) in [6, 6.07) is 7.61. The number of esters is 1. The van der Waals surface area contributed by atoms with Crippen LogP contribution in [0.2, 0.25) is 0 Å². The summed E-state index contributed by atoms with van der Waals surface area (Å²) in [5.41, 5.74) is 1.81. The Morgan fingerprint density at radius 1 is 1.32 bits per heavy atom. The Morgan fingerprint density at radius 2 is 2.04 bits per heavy atom. The molecule has 2 amide bonds. The van der Waals surface area contributed by atoms with E-state index in [4.69, 9.17) is 4.74 Å². The van der Waals surface area contributed by atoms with Crippen molar-refractivity contribution in [3.05, 3.63) is 40.9 Å². The van der Waals surface area contributed by atoms with Crippen LogP contribution in [0.5, 0.6) is 0 Å². The Morgan fingerprint density at radius 3 is 2.68 bits per heavy atom. The van der Waals surface area contributed by atoms with Gasteiger partial charge in [-0.1, -0.05) is 30.0 Å². The highest BCUT2D eigenvalue weighted by Crippen LogP contribution is 2.29. The number of para-hydroxylation sites is 1. The first kappa shape index (κ1) is 19.1. The molecular formula is C18H22N2O4S. The zero-order valence-corrected chi connectivity index (χ0v) is 15.5. The molecule has 0 atom stereocenters. The molecule has 1 aliphatic heterocycles. The normalized spacial score (nSPS) is 15.6. The molecule has 6 nitrogen and oxygen atoms in total. The Balaban J connectivity index is 2.17. The predicted octanol–water partition coefficient (Wildman–Crippen LogP) is 2.33. The summed E-state index contributed by atoms with van der Waals surface area (Å²) in [7, 11) is 0. The van der Waals surface area contributed by atoms with Crippen molar-refractivity contribution < 1.29 is 19.1 Å². The van der Waals surface area contributed by atoms with Gasteiger partial charge in [-0.3, -0.25) is 14.5 Å². The first-order chi connectivity index (χ1) is 12.0. The molecule has 0 saturated carbocycles. The van der Waals surface area contributed by atoms with Gasteiger partial charge in [0.2, 0.25) is 11.8 Å². The van der Waals surface area contributed by atoms with E-state index in [2.05, 4.69) is 0 Å². The van der Waals surface area contributed by atoms with Gasteiger partial charge in [0.25, 0.3) is 0 Å². The highest BCUT2D eigenvalue weighted by atomic mass is 32.2. The Labute approximate surface area is 151 Å². The molecular weight excluding hydrogens is 340 g/mol. The maximum Gasteiger partial charge on any atom is 0.333 e. The number of benzene rings is 1. The van der Waals surface area contributed by atoms with Gasteiger partial charge in [0.15, 0.2) is 0 Å². The van der Waals surface area contributed by atoms with Crippen LogP contribution in [0.3, 0.4) is 0 Å². The Hall–Kier alpha value is -2.28. The molecule has 0 unspecified atom stereocenters. The van der Waals surface area contributed by atoms with Crippen molar-refractivity contribution in [3.63, 3.8) is 0 Å². The maximum atomic E-state index is 12.8. The topological polar surface area (TPSA) is 66.9 Å². The first-order valence-electron chi connectivity index (χ1n) is 8.15. The van der Waals surface area contributed by atoms with E-state index in [1.807, 2.05) is 38.1 Å². The van der Waals surface area contributed by atoms with E-state index in [9.17, 15) is 14.4 Å². The van der Waals surface area contributed by atoms with Crippen molar-refractivity contribution in [2.24, 2.45) is 0 Å². The van der Waals surface area contributed by atoms with Crippen LogP contribution < -0.4 is 4.90 Å². The standard InChI is InChI=1S/C18H22N2O4S/c1-4-19(14-9-7-6-8-13(14)3)15(21)11-20-16(22)12-25-17(20)10-18(23)24-5-2/h6-10H,4-5,11-12H2,1-3H3. The van der Waals surface area contributed by atoms with Crippen molar-refractivity contribution in [1.29, 1.82) is 0 Å². The summed E-state index contributed by atoms with van der Waals surface area (Å²) in [5, 5.41) is 0.456. The minimum absolute atomic E-state index is 0.0980. The summed E-state index contributed by atoms with van der Waals surface area (Å²) in [5.74, 6) is -0.671. The minimum Gasteiger partial charge on any atom is -0.463 e. The second-order valence-electron chi connectivity index (χ2n) is 5.43. The molecule has 0 aromatic heterocycles.